The predicted octanol–water partition coefficient (Wildman–Crippen LogP) is 2.48. The highest BCUT2D eigenvalue weighted by molar-refractivity contribution is 7.11. The minimum Gasteiger partial charge on any atom is -0.388 e. The molecule has 0 spiro atoms. The minimum absolute atomic E-state index is 0.305. The molecule has 3 rings (SSSR count). The summed E-state index contributed by atoms with van der Waals surface area (Å²) in [6.45, 7) is 9.57. The highest BCUT2D eigenvalue weighted by Gasteiger charge is 2.41. The topological polar surface area (TPSA) is 26.7 Å². The molecule has 0 aromatic carbocycles. The number of piperidine rings is 1. The number of likely N-dealkylation sites (tertiary alicyclic amines) is 2. The van der Waals surface area contributed by atoms with Crippen LogP contribution >= 0.6 is 11.3 Å². The molecule has 2 fully saturated rings. The van der Waals surface area contributed by atoms with Crippen molar-refractivity contribution >= 4 is 11.3 Å². The summed E-state index contributed by atoms with van der Waals surface area (Å²) in [4.78, 5) is 7.86. The monoisotopic (exact) mass is 294 g/mol. The van der Waals surface area contributed by atoms with Gasteiger partial charge in [0.25, 0.3) is 0 Å². The molecule has 0 bridgehead atoms. The van der Waals surface area contributed by atoms with Crippen LogP contribution < -0.4 is 0 Å². The summed E-state index contributed by atoms with van der Waals surface area (Å²) in [5, 5.41) is 10.7. The van der Waals surface area contributed by atoms with Gasteiger partial charge in [-0.25, -0.2) is 0 Å². The smallest absolute Gasteiger partial charge is 0.0798 e. The van der Waals surface area contributed by atoms with Crippen molar-refractivity contribution in [3.63, 3.8) is 0 Å². The second kappa shape index (κ2) is 5.76. The molecule has 1 N–H and O–H groups in total. The fourth-order valence-corrected chi connectivity index (χ4v) is 4.51. The Kier molecular flexibility index (Phi) is 4.18. The van der Waals surface area contributed by atoms with Crippen molar-refractivity contribution in [3.8, 4) is 0 Å². The van der Waals surface area contributed by atoms with Crippen LogP contribution in [0.3, 0.4) is 0 Å². The number of hydrogen-bond acceptors (Lipinski definition) is 4. The minimum atomic E-state index is -0.522. The van der Waals surface area contributed by atoms with Crippen LogP contribution in [0, 0.1) is 6.92 Å². The molecule has 2 atom stereocenters. The summed E-state index contributed by atoms with van der Waals surface area (Å²) in [6, 6.07) is 4.76. The molecule has 1 aromatic heterocycles. The van der Waals surface area contributed by atoms with Gasteiger partial charge in [-0.1, -0.05) is 0 Å². The molecule has 0 saturated carbocycles. The van der Waals surface area contributed by atoms with Gasteiger partial charge in [-0.05, 0) is 58.3 Å². The number of rotatable bonds is 3. The molecule has 1 aromatic rings. The number of hydrogen-bond donors (Lipinski definition) is 1. The fourth-order valence-electron chi connectivity index (χ4n) is 3.58. The van der Waals surface area contributed by atoms with E-state index in [1.165, 1.54) is 22.6 Å². The van der Waals surface area contributed by atoms with Gasteiger partial charge in [0.05, 0.1) is 11.6 Å². The van der Waals surface area contributed by atoms with Crippen molar-refractivity contribution in [1.82, 2.24) is 9.80 Å². The molecule has 0 amide bonds. The molecule has 2 aliphatic rings. The second-order valence-corrected chi connectivity index (χ2v) is 7.99. The Labute approximate surface area is 126 Å². The molecule has 3 heterocycles. The molecule has 0 aliphatic carbocycles. The molecule has 112 valence electrons. The molecule has 20 heavy (non-hydrogen) atoms. The van der Waals surface area contributed by atoms with E-state index in [0.29, 0.717) is 6.04 Å². The first kappa shape index (κ1) is 14.5. The molecule has 0 radical (unpaired) electrons. The van der Waals surface area contributed by atoms with E-state index in [1.807, 2.05) is 18.3 Å². The van der Waals surface area contributed by atoms with E-state index < -0.39 is 5.60 Å². The highest BCUT2D eigenvalue weighted by atomic mass is 32.1. The lowest BCUT2D eigenvalue weighted by Crippen LogP contribution is -2.60. The maximum Gasteiger partial charge on any atom is 0.0798 e. The highest BCUT2D eigenvalue weighted by Crippen LogP contribution is 2.30. The molecule has 2 aliphatic heterocycles. The van der Waals surface area contributed by atoms with Crippen molar-refractivity contribution in [2.75, 3.05) is 26.2 Å². The van der Waals surface area contributed by atoms with Crippen molar-refractivity contribution < 1.29 is 5.11 Å². The standard InChI is InChI=1S/C16H26N2OS/c1-13-5-6-14(20-13)11-17-10-7-16(2,19)15(12-17)18-8-3-4-9-18/h5-6,15,19H,3-4,7-12H2,1-2H3. The van der Waals surface area contributed by atoms with Gasteiger partial charge in [0.2, 0.25) is 0 Å². The van der Waals surface area contributed by atoms with Crippen LogP contribution in [-0.4, -0.2) is 52.7 Å². The first-order valence-electron chi connectivity index (χ1n) is 7.79. The summed E-state index contributed by atoms with van der Waals surface area (Å²) in [5.41, 5.74) is -0.522. The van der Waals surface area contributed by atoms with Crippen molar-refractivity contribution in [3.05, 3.63) is 21.9 Å². The Bertz CT molecular complexity index is 451. The zero-order valence-electron chi connectivity index (χ0n) is 12.6. The summed E-state index contributed by atoms with van der Waals surface area (Å²) >= 11 is 1.90. The average Bonchev–Trinajstić information content (AvgIpc) is 3.03. The number of thiophene rings is 1. The van der Waals surface area contributed by atoms with E-state index in [0.717, 1.165) is 39.1 Å². The van der Waals surface area contributed by atoms with E-state index in [4.69, 9.17) is 0 Å². The van der Waals surface area contributed by atoms with Crippen LogP contribution in [0.15, 0.2) is 12.1 Å². The molecule has 3 nitrogen and oxygen atoms in total. The maximum atomic E-state index is 10.7. The van der Waals surface area contributed by atoms with Gasteiger partial charge in [0, 0.05) is 29.4 Å². The predicted molar refractivity (Wildman–Crippen MR) is 84.2 cm³/mol. The lowest BCUT2D eigenvalue weighted by molar-refractivity contribution is -0.0774. The molecule has 2 saturated heterocycles. The normalized spacial score (nSPS) is 32.9. The quantitative estimate of drug-likeness (QED) is 0.928. The lowest BCUT2D eigenvalue weighted by atomic mass is 9.87. The Balaban J connectivity index is 1.66. The van der Waals surface area contributed by atoms with Crippen molar-refractivity contribution in [2.45, 2.75) is 51.3 Å². The van der Waals surface area contributed by atoms with Gasteiger partial charge < -0.3 is 5.11 Å². The van der Waals surface area contributed by atoms with Gasteiger partial charge >= 0.3 is 0 Å². The molecule has 2 unspecified atom stereocenters. The van der Waals surface area contributed by atoms with Crippen LogP contribution in [0.5, 0.6) is 0 Å². The third-order valence-corrected chi connectivity index (χ3v) is 5.83. The average molecular weight is 294 g/mol. The molecular weight excluding hydrogens is 268 g/mol. The lowest BCUT2D eigenvalue weighted by Gasteiger charge is -2.46. The molecule has 4 heteroatoms. The van der Waals surface area contributed by atoms with E-state index >= 15 is 0 Å². The Morgan fingerprint density at radius 1 is 1.30 bits per heavy atom. The van der Waals surface area contributed by atoms with E-state index in [9.17, 15) is 5.11 Å². The maximum absolute atomic E-state index is 10.7. The number of aryl methyl sites for hydroxylation is 1. The van der Waals surface area contributed by atoms with Crippen LogP contribution in [0.4, 0.5) is 0 Å². The fraction of sp³-hybridized carbons (Fsp3) is 0.750. The SMILES string of the molecule is Cc1ccc(CN2CCC(C)(O)C(N3CCCC3)C2)s1. The van der Waals surface area contributed by atoms with E-state index in [-0.39, 0.29) is 0 Å². The van der Waals surface area contributed by atoms with Gasteiger partial charge in [0.1, 0.15) is 0 Å². The van der Waals surface area contributed by atoms with Crippen molar-refractivity contribution in [1.29, 1.82) is 0 Å². The summed E-state index contributed by atoms with van der Waals surface area (Å²) in [5.74, 6) is 0. The molecular formula is C16H26N2OS. The Morgan fingerprint density at radius 2 is 2.05 bits per heavy atom. The summed E-state index contributed by atoms with van der Waals surface area (Å²) in [7, 11) is 0. The van der Waals surface area contributed by atoms with Crippen LogP contribution in [-0.2, 0) is 6.54 Å². The van der Waals surface area contributed by atoms with Gasteiger partial charge in [-0.3, -0.25) is 9.80 Å². The van der Waals surface area contributed by atoms with E-state index in [2.05, 4.69) is 28.9 Å². The number of aliphatic hydroxyl groups is 1. The Hall–Kier alpha value is -0.420. The zero-order valence-corrected chi connectivity index (χ0v) is 13.5. The van der Waals surface area contributed by atoms with Gasteiger partial charge in [-0.15, -0.1) is 11.3 Å². The van der Waals surface area contributed by atoms with Crippen LogP contribution in [0.1, 0.15) is 35.9 Å². The zero-order chi connectivity index (χ0) is 14.2. The number of nitrogens with zero attached hydrogens (tertiary/aromatic N) is 2. The summed E-state index contributed by atoms with van der Waals surface area (Å²) < 4.78 is 0. The van der Waals surface area contributed by atoms with Crippen LogP contribution in [0.2, 0.25) is 0 Å². The van der Waals surface area contributed by atoms with Crippen LogP contribution in [0.25, 0.3) is 0 Å². The van der Waals surface area contributed by atoms with Crippen molar-refractivity contribution in [2.24, 2.45) is 0 Å². The first-order valence-corrected chi connectivity index (χ1v) is 8.60. The Morgan fingerprint density at radius 3 is 2.70 bits per heavy atom. The second-order valence-electron chi connectivity index (χ2n) is 6.61. The van der Waals surface area contributed by atoms with Gasteiger partial charge in [0.15, 0.2) is 0 Å². The van der Waals surface area contributed by atoms with E-state index in [1.54, 1.807) is 0 Å². The largest absolute Gasteiger partial charge is 0.388 e. The third-order valence-electron chi connectivity index (χ3n) is 4.84. The third kappa shape index (κ3) is 3.08. The first-order chi connectivity index (χ1) is 9.54. The summed E-state index contributed by atoms with van der Waals surface area (Å²) in [6.07, 6.45) is 3.46. The van der Waals surface area contributed by atoms with Gasteiger partial charge in [-0.2, -0.15) is 0 Å².